The maximum Gasteiger partial charge on any atom is 0.409 e. The SMILES string of the molecule is CC(C)COC(=O)N1CCCN(C(C)C(=O)N(C)C2CCS(=O)(=O)C2)CC1. The van der Waals surface area contributed by atoms with Gasteiger partial charge in [0.15, 0.2) is 9.84 Å². The molecule has 2 saturated heterocycles. The molecule has 2 rings (SSSR count). The average molecular weight is 404 g/mol. The lowest BCUT2D eigenvalue weighted by Gasteiger charge is -2.32. The van der Waals surface area contributed by atoms with Gasteiger partial charge in [0, 0.05) is 39.3 Å². The van der Waals surface area contributed by atoms with Crippen molar-refractivity contribution in [1.82, 2.24) is 14.7 Å². The van der Waals surface area contributed by atoms with Crippen LogP contribution in [0.2, 0.25) is 0 Å². The number of ether oxygens (including phenoxy) is 1. The second-order valence-electron chi connectivity index (χ2n) is 8.03. The van der Waals surface area contributed by atoms with Gasteiger partial charge >= 0.3 is 6.09 Å². The maximum atomic E-state index is 12.8. The van der Waals surface area contributed by atoms with E-state index in [4.69, 9.17) is 4.74 Å². The molecule has 156 valence electrons. The van der Waals surface area contributed by atoms with Crippen molar-refractivity contribution < 1.29 is 22.7 Å². The van der Waals surface area contributed by atoms with Gasteiger partial charge in [-0.05, 0) is 25.7 Å². The highest BCUT2D eigenvalue weighted by atomic mass is 32.2. The molecule has 0 aliphatic carbocycles. The minimum absolute atomic E-state index is 0.0530. The second-order valence-corrected chi connectivity index (χ2v) is 10.3. The normalized spacial score (nSPS) is 24.5. The minimum atomic E-state index is -3.02. The van der Waals surface area contributed by atoms with Crippen molar-refractivity contribution in [3.63, 3.8) is 0 Å². The van der Waals surface area contributed by atoms with Gasteiger partial charge in [-0.3, -0.25) is 9.69 Å². The second kappa shape index (κ2) is 9.23. The lowest BCUT2D eigenvalue weighted by molar-refractivity contribution is -0.136. The molecule has 0 aromatic heterocycles. The van der Waals surface area contributed by atoms with Crippen LogP contribution in [0.4, 0.5) is 4.79 Å². The molecular formula is C18H33N3O5S. The number of hydrogen-bond donors (Lipinski definition) is 0. The molecule has 2 heterocycles. The third kappa shape index (κ3) is 6.07. The van der Waals surface area contributed by atoms with Crippen molar-refractivity contribution in [2.75, 3.05) is 51.3 Å². The Labute approximate surface area is 162 Å². The number of amides is 2. The zero-order valence-corrected chi connectivity index (χ0v) is 17.7. The molecule has 0 N–H and O–H groups in total. The fourth-order valence-corrected chi connectivity index (χ4v) is 5.32. The van der Waals surface area contributed by atoms with Crippen LogP contribution in [-0.2, 0) is 19.4 Å². The van der Waals surface area contributed by atoms with E-state index in [1.165, 1.54) is 0 Å². The van der Waals surface area contributed by atoms with Crippen LogP contribution in [0, 0.1) is 5.92 Å². The van der Waals surface area contributed by atoms with Crippen LogP contribution in [0.1, 0.15) is 33.6 Å². The van der Waals surface area contributed by atoms with E-state index in [0.29, 0.717) is 38.6 Å². The number of likely N-dealkylation sites (N-methyl/N-ethyl adjacent to an activating group) is 1. The Kier molecular flexibility index (Phi) is 7.50. The van der Waals surface area contributed by atoms with E-state index in [9.17, 15) is 18.0 Å². The first-order valence-corrected chi connectivity index (χ1v) is 11.6. The highest BCUT2D eigenvalue weighted by Crippen LogP contribution is 2.19. The van der Waals surface area contributed by atoms with Crippen molar-refractivity contribution in [3.8, 4) is 0 Å². The van der Waals surface area contributed by atoms with Crippen LogP contribution >= 0.6 is 0 Å². The van der Waals surface area contributed by atoms with Crippen molar-refractivity contribution in [2.24, 2.45) is 5.92 Å². The zero-order valence-electron chi connectivity index (χ0n) is 16.9. The molecule has 9 heteroatoms. The summed E-state index contributed by atoms with van der Waals surface area (Å²) in [6, 6.07) is -0.579. The smallest absolute Gasteiger partial charge is 0.409 e. The predicted molar refractivity (Wildman–Crippen MR) is 103 cm³/mol. The number of rotatable bonds is 5. The molecule has 2 atom stereocenters. The fraction of sp³-hybridized carbons (Fsp3) is 0.889. The lowest BCUT2D eigenvalue weighted by atomic mass is 10.1. The summed E-state index contributed by atoms with van der Waals surface area (Å²) in [4.78, 5) is 30.4. The predicted octanol–water partition coefficient (Wildman–Crippen LogP) is 0.821. The van der Waals surface area contributed by atoms with E-state index in [-0.39, 0.29) is 35.6 Å². The van der Waals surface area contributed by atoms with Gasteiger partial charge in [0.1, 0.15) is 0 Å². The largest absolute Gasteiger partial charge is 0.449 e. The molecule has 0 aromatic carbocycles. The van der Waals surface area contributed by atoms with E-state index in [1.54, 1.807) is 16.8 Å². The number of hydrogen-bond acceptors (Lipinski definition) is 6. The van der Waals surface area contributed by atoms with Crippen molar-refractivity contribution in [2.45, 2.75) is 45.7 Å². The summed E-state index contributed by atoms with van der Waals surface area (Å²) in [5.41, 5.74) is 0. The molecule has 8 nitrogen and oxygen atoms in total. The van der Waals surface area contributed by atoms with Gasteiger partial charge in [0.05, 0.1) is 24.2 Å². The molecular weight excluding hydrogens is 370 g/mol. The van der Waals surface area contributed by atoms with Gasteiger partial charge in [-0.25, -0.2) is 13.2 Å². The van der Waals surface area contributed by atoms with Crippen LogP contribution in [-0.4, -0.2) is 98.5 Å². The van der Waals surface area contributed by atoms with E-state index in [0.717, 1.165) is 13.0 Å². The Bertz CT molecular complexity index is 637. The van der Waals surface area contributed by atoms with Gasteiger partial charge in [-0.2, -0.15) is 0 Å². The summed E-state index contributed by atoms with van der Waals surface area (Å²) in [7, 11) is -1.33. The van der Waals surface area contributed by atoms with Crippen LogP contribution in [0.5, 0.6) is 0 Å². The Morgan fingerprint density at radius 2 is 1.85 bits per heavy atom. The quantitative estimate of drug-likeness (QED) is 0.675. The van der Waals surface area contributed by atoms with Crippen molar-refractivity contribution in [3.05, 3.63) is 0 Å². The molecule has 0 saturated carbocycles. The summed E-state index contributed by atoms with van der Waals surface area (Å²) < 4.78 is 28.7. The molecule has 27 heavy (non-hydrogen) atoms. The first kappa shape index (κ1) is 21.9. The number of nitrogens with zero attached hydrogens (tertiary/aromatic N) is 3. The number of carbonyl (C=O) groups is 2. The van der Waals surface area contributed by atoms with Crippen LogP contribution in [0.25, 0.3) is 0 Å². The first-order chi connectivity index (χ1) is 12.6. The van der Waals surface area contributed by atoms with Crippen molar-refractivity contribution in [1.29, 1.82) is 0 Å². The Hall–Kier alpha value is -1.35. The van der Waals surface area contributed by atoms with Gasteiger partial charge in [0.2, 0.25) is 5.91 Å². The molecule has 2 aliphatic heterocycles. The summed E-state index contributed by atoms with van der Waals surface area (Å²) >= 11 is 0. The van der Waals surface area contributed by atoms with Gasteiger partial charge in [-0.1, -0.05) is 13.8 Å². The van der Waals surface area contributed by atoms with Gasteiger partial charge in [-0.15, -0.1) is 0 Å². The zero-order chi connectivity index (χ0) is 20.2. The third-order valence-electron chi connectivity index (χ3n) is 5.34. The third-order valence-corrected chi connectivity index (χ3v) is 7.09. The average Bonchev–Trinajstić information content (AvgIpc) is 2.83. The highest BCUT2D eigenvalue weighted by molar-refractivity contribution is 7.91. The fourth-order valence-electron chi connectivity index (χ4n) is 3.55. The standard InChI is InChI=1S/C18H33N3O5S/c1-14(2)12-26-18(23)21-8-5-7-20(9-10-21)15(3)17(22)19(4)16-6-11-27(24,25)13-16/h14-16H,5-13H2,1-4H3. The molecule has 0 aromatic rings. The van der Waals surface area contributed by atoms with E-state index >= 15 is 0 Å². The first-order valence-electron chi connectivity index (χ1n) is 9.73. The van der Waals surface area contributed by atoms with Crippen LogP contribution < -0.4 is 0 Å². The molecule has 0 bridgehead atoms. The summed E-state index contributed by atoms with van der Waals surface area (Å²) in [5.74, 6) is 0.441. The molecule has 2 aliphatic rings. The van der Waals surface area contributed by atoms with E-state index in [1.807, 2.05) is 20.8 Å². The van der Waals surface area contributed by atoms with Crippen LogP contribution in [0.3, 0.4) is 0 Å². The Balaban J connectivity index is 1.88. The maximum absolute atomic E-state index is 12.8. The van der Waals surface area contributed by atoms with Gasteiger partial charge in [0.25, 0.3) is 0 Å². The summed E-state index contributed by atoms with van der Waals surface area (Å²) in [5, 5.41) is 0. The topological polar surface area (TPSA) is 87.2 Å². The molecule has 2 amide bonds. The van der Waals surface area contributed by atoms with Crippen LogP contribution in [0.15, 0.2) is 0 Å². The lowest BCUT2D eigenvalue weighted by Crippen LogP contribution is -2.50. The van der Waals surface area contributed by atoms with E-state index < -0.39 is 9.84 Å². The molecule has 0 radical (unpaired) electrons. The van der Waals surface area contributed by atoms with Gasteiger partial charge < -0.3 is 14.5 Å². The Morgan fingerprint density at radius 1 is 1.15 bits per heavy atom. The number of carbonyl (C=O) groups excluding carboxylic acids is 2. The van der Waals surface area contributed by atoms with E-state index in [2.05, 4.69) is 4.90 Å². The minimum Gasteiger partial charge on any atom is -0.449 e. The summed E-state index contributed by atoms with van der Waals surface area (Å²) in [6.45, 7) is 8.71. The highest BCUT2D eigenvalue weighted by Gasteiger charge is 2.35. The Morgan fingerprint density at radius 3 is 2.44 bits per heavy atom. The number of sulfone groups is 1. The summed E-state index contributed by atoms with van der Waals surface area (Å²) in [6.07, 6.45) is 0.987. The monoisotopic (exact) mass is 403 g/mol. The molecule has 2 fully saturated rings. The van der Waals surface area contributed by atoms with Crippen molar-refractivity contribution >= 4 is 21.8 Å². The molecule has 2 unspecified atom stereocenters. The molecule has 0 spiro atoms.